The number of nitrogens with zero attached hydrogens (tertiary/aromatic N) is 2. The van der Waals surface area contributed by atoms with Crippen LogP contribution in [0.3, 0.4) is 0 Å². The number of benzene rings is 1. The molecule has 0 spiro atoms. The number of carbonyl (C=O) groups excluding carboxylic acids is 1. The van der Waals surface area contributed by atoms with Gasteiger partial charge in [0.25, 0.3) is 0 Å². The normalized spacial score (nSPS) is 15.1. The minimum atomic E-state index is -0.363. The van der Waals surface area contributed by atoms with Crippen molar-refractivity contribution in [3.8, 4) is 0 Å². The number of nitrogens with two attached hydrogens (primary N) is 1. The lowest BCUT2D eigenvalue weighted by Gasteiger charge is -2.41. The van der Waals surface area contributed by atoms with Gasteiger partial charge in [-0.1, -0.05) is 32.0 Å². The zero-order valence-corrected chi connectivity index (χ0v) is 17.2. The third-order valence-corrected chi connectivity index (χ3v) is 5.66. The van der Waals surface area contributed by atoms with Gasteiger partial charge < -0.3 is 15.5 Å². The van der Waals surface area contributed by atoms with Gasteiger partial charge in [0.2, 0.25) is 5.91 Å². The summed E-state index contributed by atoms with van der Waals surface area (Å²) >= 11 is 0. The summed E-state index contributed by atoms with van der Waals surface area (Å²) in [6.45, 7) is 6.27. The highest BCUT2D eigenvalue weighted by Gasteiger charge is 2.38. The molecule has 0 radical (unpaired) electrons. The molecule has 0 saturated carbocycles. The molecule has 2 rings (SSSR count). The maximum absolute atomic E-state index is 12.9. The van der Waals surface area contributed by atoms with E-state index in [-0.39, 0.29) is 36.1 Å². The van der Waals surface area contributed by atoms with Crippen molar-refractivity contribution in [2.45, 2.75) is 45.6 Å². The number of piperidine rings is 1. The molecule has 0 aliphatic carbocycles. The number of para-hydroxylation sites is 1. The summed E-state index contributed by atoms with van der Waals surface area (Å²) in [6.07, 6.45) is 3.68. The number of halogens is 2. The highest BCUT2D eigenvalue weighted by molar-refractivity contribution is 5.85. The first-order valence-electron chi connectivity index (χ1n) is 8.85. The van der Waals surface area contributed by atoms with Crippen LogP contribution in [0.2, 0.25) is 0 Å². The van der Waals surface area contributed by atoms with Crippen molar-refractivity contribution in [1.82, 2.24) is 4.90 Å². The van der Waals surface area contributed by atoms with E-state index >= 15 is 0 Å². The van der Waals surface area contributed by atoms with E-state index < -0.39 is 0 Å². The molecule has 1 aliphatic heterocycles. The van der Waals surface area contributed by atoms with Gasteiger partial charge >= 0.3 is 0 Å². The van der Waals surface area contributed by atoms with Gasteiger partial charge in [0.05, 0.1) is 5.41 Å². The molecule has 1 fully saturated rings. The SMILES string of the molecule is CCC(CC)(CN)C(=O)N1CCC(N(C)c2ccccc2)CC1.Cl.Cl. The van der Waals surface area contributed by atoms with Gasteiger partial charge in [-0.2, -0.15) is 0 Å². The molecule has 0 unspecified atom stereocenters. The molecular weight excluding hydrogens is 357 g/mol. The Labute approximate surface area is 164 Å². The van der Waals surface area contributed by atoms with Gasteiger partial charge in [0, 0.05) is 38.4 Å². The molecule has 1 saturated heterocycles. The average molecular weight is 390 g/mol. The fourth-order valence-corrected chi connectivity index (χ4v) is 3.59. The maximum Gasteiger partial charge on any atom is 0.230 e. The van der Waals surface area contributed by atoms with Crippen LogP contribution in [0.1, 0.15) is 39.5 Å². The molecule has 144 valence electrons. The summed E-state index contributed by atoms with van der Waals surface area (Å²) in [5, 5.41) is 0. The molecule has 1 heterocycles. The van der Waals surface area contributed by atoms with Crippen LogP contribution in [0.5, 0.6) is 0 Å². The number of anilines is 1. The van der Waals surface area contributed by atoms with E-state index in [9.17, 15) is 4.79 Å². The van der Waals surface area contributed by atoms with E-state index in [0.717, 1.165) is 38.8 Å². The van der Waals surface area contributed by atoms with E-state index in [4.69, 9.17) is 5.73 Å². The van der Waals surface area contributed by atoms with Crippen molar-refractivity contribution >= 4 is 36.4 Å². The molecule has 1 aromatic rings. The van der Waals surface area contributed by atoms with Gasteiger partial charge in [-0.15, -0.1) is 24.8 Å². The summed E-state index contributed by atoms with van der Waals surface area (Å²) in [5.41, 5.74) is 6.82. The van der Waals surface area contributed by atoms with Crippen LogP contribution in [-0.4, -0.2) is 43.5 Å². The van der Waals surface area contributed by atoms with Gasteiger partial charge in [-0.3, -0.25) is 4.79 Å². The summed E-state index contributed by atoms with van der Waals surface area (Å²) in [4.78, 5) is 17.3. The number of hydrogen-bond donors (Lipinski definition) is 1. The van der Waals surface area contributed by atoms with E-state index in [2.05, 4.69) is 50.1 Å². The lowest BCUT2D eigenvalue weighted by atomic mass is 9.80. The van der Waals surface area contributed by atoms with Crippen molar-refractivity contribution in [3.05, 3.63) is 30.3 Å². The zero-order valence-electron chi connectivity index (χ0n) is 15.6. The van der Waals surface area contributed by atoms with Crippen molar-refractivity contribution in [2.24, 2.45) is 11.1 Å². The van der Waals surface area contributed by atoms with Crippen LogP contribution in [0.25, 0.3) is 0 Å². The van der Waals surface area contributed by atoms with Crippen molar-refractivity contribution in [1.29, 1.82) is 0 Å². The lowest BCUT2D eigenvalue weighted by Crippen LogP contribution is -2.52. The Balaban J connectivity index is 0.00000288. The number of likely N-dealkylation sites (tertiary alicyclic amines) is 1. The largest absolute Gasteiger partial charge is 0.371 e. The lowest BCUT2D eigenvalue weighted by molar-refractivity contribution is -0.143. The Kier molecular flexibility index (Phi) is 10.5. The molecule has 4 nitrogen and oxygen atoms in total. The summed E-state index contributed by atoms with van der Waals surface area (Å²) < 4.78 is 0. The first-order chi connectivity index (χ1) is 11.1. The number of carbonyl (C=O) groups is 1. The Bertz CT molecular complexity index is 492. The average Bonchev–Trinajstić information content (AvgIpc) is 2.64. The van der Waals surface area contributed by atoms with Crippen LogP contribution in [-0.2, 0) is 4.79 Å². The molecule has 25 heavy (non-hydrogen) atoms. The second-order valence-electron chi connectivity index (χ2n) is 6.66. The zero-order chi connectivity index (χ0) is 16.9. The predicted molar refractivity (Wildman–Crippen MR) is 111 cm³/mol. The minimum Gasteiger partial charge on any atom is -0.371 e. The fourth-order valence-electron chi connectivity index (χ4n) is 3.59. The molecule has 1 aromatic carbocycles. The molecule has 1 amide bonds. The standard InChI is InChI=1S/C19H31N3O.2ClH/c1-4-19(5-2,15-20)18(23)22-13-11-17(12-14-22)21(3)16-9-7-6-8-10-16;;/h6-10,17H,4-5,11-15,20H2,1-3H3;2*1H. The van der Waals surface area contributed by atoms with E-state index in [1.165, 1.54) is 5.69 Å². The quantitative estimate of drug-likeness (QED) is 0.806. The van der Waals surface area contributed by atoms with Gasteiger partial charge in [-0.25, -0.2) is 0 Å². The predicted octanol–water partition coefficient (Wildman–Crippen LogP) is 3.72. The molecule has 0 bridgehead atoms. The monoisotopic (exact) mass is 389 g/mol. The third-order valence-electron chi connectivity index (χ3n) is 5.66. The third kappa shape index (κ3) is 5.25. The Morgan fingerprint density at radius 3 is 2.12 bits per heavy atom. The molecule has 2 N–H and O–H groups in total. The van der Waals surface area contributed by atoms with Gasteiger partial charge in [0.15, 0.2) is 0 Å². The number of hydrogen-bond acceptors (Lipinski definition) is 3. The molecule has 0 atom stereocenters. The van der Waals surface area contributed by atoms with Gasteiger partial charge in [-0.05, 0) is 37.8 Å². The van der Waals surface area contributed by atoms with E-state index in [1.807, 2.05) is 11.0 Å². The second kappa shape index (κ2) is 10.9. The van der Waals surface area contributed by atoms with E-state index in [1.54, 1.807) is 0 Å². The first-order valence-corrected chi connectivity index (χ1v) is 8.85. The molecule has 1 aliphatic rings. The van der Waals surface area contributed by atoms with Crippen LogP contribution in [0, 0.1) is 5.41 Å². The maximum atomic E-state index is 12.9. The first kappa shape index (κ1) is 24.0. The summed E-state index contributed by atoms with van der Waals surface area (Å²) in [5.74, 6) is 0.255. The fraction of sp³-hybridized carbons (Fsp3) is 0.632. The van der Waals surface area contributed by atoms with Crippen molar-refractivity contribution in [3.63, 3.8) is 0 Å². The van der Waals surface area contributed by atoms with Crippen molar-refractivity contribution < 1.29 is 4.79 Å². The second-order valence-corrected chi connectivity index (χ2v) is 6.66. The van der Waals surface area contributed by atoms with Crippen molar-refractivity contribution in [2.75, 3.05) is 31.6 Å². The number of rotatable bonds is 6. The molecule has 6 heteroatoms. The highest BCUT2D eigenvalue weighted by atomic mass is 35.5. The Morgan fingerprint density at radius 2 is 1.68 bits per heavy atom. The van der Waals surface area contributed by atoms with Gasteiger partial charge in [0.1, 0.15) is 0 Å². The van der Waals surface area contributed by atoms with Crippen LogP contribution in [0.4, 0.5) is 5.69 Å². The topological polar surface area (TPSA) is 49.6 Å². The summed E-state index contributed by atoms with van der Waals surface area (Å²) in [6, 6.07) is 11.0. The summed E-state index contributed by atoms with van der Waals surface area (Å²) in [7, 11) is 2.15. The van der Waals surface area contributed by atoms with E-state index in [0.29, 0.717) is 12.6 Å². The van der Waals surface area contributed by atoms with Crippen LogP contribution in [0.15, 0.2) is 30.3 Å². The number of amides is 1. The molecular formula is C19H33Cl2N3O. The van der Waals surface area contributed by atoms with Crippen LogP contribution >= 0.6 is 24.8 Å². The Morgan fingerprint density at radius 1 is 1.16 bits per heavy atom. The molecule has 0 aromatic heterocycles. The minimum absolute atomic E-state index is 0. The van der Waals surface area contributed by atoms with Crippen LogP contribution < -0.4 is 10.6 Å². The highest BCUT2D eigenvalue weighted by Crippen LogP contribution is 2.30. The smallest absolute Gasteiger partial charge is 0.230 e. The Hall–Kier alpha value is -0.970.